The Bertz CT molecular complexity index is 1060. The van der Waals surface area contributed by atoms with E-state index in [2.05, 4.69) is 10.3 Å². The molecule has 28 heavy (non-hydrogen) atoms. The zero-order valence-electron chi connectivity index (χ0n) is 15.1. The van der Waals surface area contributed by atoms with Gasteiger partial charge < -0.3 is 10.1 Å². The number of nitrogens with zero attached hydrogens (tertiary/aromatic N) is 2. The van der Waals surface area contributed by atoms with Crippen LogP contribution in [0.1, 0.15) is 30.1 Å². The second-order valence-corrected chi connectivity index (χ2v) is 7.22. The highest BCUT2D eigenvalue weighted by Crippen LogP contribution is 2.32. The van der Waals surface area contributed by atoms with E-state index in [1.165, 1.54) is 11.3 Å². The maximum atomic E-state index is 12.6. The Morgan fingerprint density at radius 1 is 1.14 bits per heavy atom. The predicted molar refractivity (Wildman–Crippen MR) is 107 cm³/mol. The minimum Gasteiger partial charge on any atom is -0.494 e. The summed E-state index contributed by atoms with van der Waals surface area (Å²) < 4.78 is 6.13. The molecule has 0 spiro atoms. The second kappa shape index (κ2) is 7.40. The molecule has 142 valence electrons. The second-order valence-electron chi connectivity index (χ2n) is 6.21. The molecule has 1 fully saturated rings. The summed E-state index contributed by atoms with van der Waals surface area (Å²) in [6, 6.07) is 12.2. The molecule has 4 rings (SSSR count). The average Bonchev–Trinajstić information content (AvgIpc) is 3.25. The molecular weight excluding hydrogens is 378 g/mol. The van der Waals surface area contributed by atoms with Gasteiger partial charge >= 0.3 is 0 Å². The number of benzene rings is 2. The minimum atomic E-state index is -0.255. The number of amides is 3. The summed E-state index contributed by atoms with van der Waals surface area (Å²) in [7, 11) is 0. The molecule has 2 aromatic carbocycles. The lowest BCUT2D eigenvalue weighted by atomic mass is 10.2. The Hall–Kier alpha value is -3.26. The molecule has 0 saturated carbocycles. The summed E-state index contributed by atoms with van der Waals surface area (Å²) in [6.07, 6.45) is 0.426. The Balaban J connectivity index is 1.54. The summed E-state index contributed by atoms with van der Waals surface area (Å²) in [5.41, 5.74) is 1.77. The van der Waals surface area contributed by atoms with Crippen molar-refractivity contribution in [1.82, 2.24) is 4.98 Å². The first kappa shape index (κ1) is 18.1. The summed E-state index contributed by atoms with van der Waals surface area (Å²) in [4.78, 5) is 41.9. The third-order valence-electron chi connectivity index (χ3n) is 4.31. The van der Waals surface area contributed by atoms with Gasteiger partial charge in [-0.3, -0.25) is 14.4 Å². The Morgan fingerprint density at radius 3 is 2.54 bits per heavy atom. The highest BCUT2D eigenvalue weighted by molar-refractivity contribution is 7.22. The SMILES string of the molecule is CCOc1ccc(NC(=O)c2ccc3nc(N4C(=O)CCC4=O)sc3c2)cc1. The molecule has 1 aliphatic heterocycles. The number of anilines is 2. The molecule has 0 bridgehead atoms. The van der Waals surface area contributed by atoms with Crippen molar-refractivity contribution in [2.75, 3.05) is 16.8 Å². The van der Waals surface area contributed by atoms with Crippen LogP contribution in [0.15, 0.2) is 42.5 Å². The first-order valence-corrected chi connectivity index (χ1v) is 9.67. The number of aromatic nitrogens is 1. The Labute approximate surface area is 164 Å². The van der Waals surface area contributed by atoms with Crippen molar-refractivity contribution in [1.29, 1.82) is 0 Å². The first-order valence-electron chi connectivity index (χ1n) is 8.86. The molecule has 3 aromatic rings. The van der Waals surface area contributed by atoms with Crippen LogP contribution in [0.4, 0.5) is 10.8 Å². The van der Waals surface area contributed by atoms with Gasteiger partial charge in [-0.2, -0.15) is 0 Å². The normalized spacial score (nSPS) is 14.0. The number of carbonyl (C=O) groups excluding carboxylic acids is 3. The third kappa shape index (κ3) is 3.46. The van der Waals surface area contributed by atoms with Gasteiger partial charge in [-0.15, -0.1) is 0 Å². The van der Waals surface area contributed by atoms with Gasteiger partial charge in [0.15, 0.2) is 5.13 Å². The maximum Gasteiger partial charge on any atom is 0.255 e. The molecule has 7 nitrogen and oxygen atoms in total. The fourth-order valence-electron chi connectivity index (χ4n) is 2.94. The molecule has 1 aliphatic rings. The molecule has 0 atom stereocenters. The fraction of sp³-hybridized carbons (Fsp3) is 0.200. The predicted octanol–water partition coefficient (Wildman–Crippen LogP) is 3.60. The highest BCUT2D eigenvalue weighted by atomic mass is 32.1. The third-order valence-corrected chi connectivity index (χ3v) is 5.31. The van der Waals surface area contributed by atoms with Gasteiger partial charge in [-0.1, -0.05) is 11.3 Å². The fourth-order valence-corrected chi connectivity index (χ4v) is 3.98. The molecule has 8 heteroatoms. The van der Waals surface area contributed by atoms with Crippen molar-refractivity contribution in [2.24, 2.45) is 0 Å². The van der Waals surface area contributed by atoms with Crippen LogP contribution in [0.3, 0.4) is 0 Å². The van der Waals surface area contributed by atoms with Crippen LogP contribution in [0.25, 0.3) is 10.2 Å². The van der Waals surface area contributed by atoms with E-state index in [4.69, 9.17) is 4.74 Å². The van der Waals surface area contributed by atoms with Gasteiger partial charge in [-0.25, -0.2) is 9.88 Å². The Morgan fingerprint density at radius 2 is 1.86 bits per heavy atom. The van der Waals surface area contributed by atoms with Crippen molar-refractivity contribution in [3.63, 3.8) is 0 Å². The van der Waals surface area contributed by atoms with E-state index in [-0.39, 0.29) is 30.6 Å². The van der Waals surface area contributed by atoms with Crippen LogP contribution in [-0.4, -0.2) is 29.3 Å². The number of nitrogens with one attached hydrogen (secondary N) is 1. The molecule has 3 amide bonds. The van der Waals surface area contributed by atoms with Gasteiger partial charge in [0.25, 0.3) is 5.91 Å². The number of fused-ring (bicyclic) bond motifs is 1. The number of rotatable bonds is 5. The van der Waals surface area contributed by atoms with E-state index < -0.39 is 0 Å². The van der Waals surface area contributed by atoms with Crippen LogP contribution in [0.2, 0.25) is 0 Å². The molecule has 0 aliphatic carbocycles. The molecule has 1 N–H and O–H groups in total. The molecule has 2 heterocycles. The topological polar surface area (TPSA) is 88.6 Å². The lowest BCUT2D eigenvalue weighted by molar-refractivity contribution is -0.121. The van der Waals surface area contributed by atoms with Crippen LogP contribution in [0.5, 0.6) is 5.75 Å². The van der Waals surface area contributed by atoms with E-state index in [1.807, 2.05) is 6.92 Å². The van der Waals surface area contributed by atoms with Gasteiger partial charge in [0.2, 0.25) is 11.8 Å². The summed E-state index contributed by atoms with van der Waals surface area (Å²) >= 11 is 1.22. The number of thiazole rings is 1. The minimum absolute atomic E-state index is 0.213. The van der Waals surface area contributed by atoms with Crippen molar-refractivity contribution < 1.29 is 19.1 Å². The summed E-state index contributed by atoms with van der Waals surface area (Å²) in [6.45, 7) is 2.49. The van der Waals surface area contributed by atoms with E-state index >= 15 is 0 Å². The average molecular weight is 395 g/mol. The zero-order chi connectivity index (χ0) is 19.7. The number of imide groups is 1. The van der Waals surface area contributed by atoms with Gasteiger partial charge in [-0.05, 0) is 49.4 Å². The molecule has 0 unspecified atom stereocenters. The van der Waals surface area contributed by atoms with Crippen LogP contribution >= 0.6 is 11.3 Å². The molecule has 1 aromatic heterocycles. The molecule has 1 saturated heterocycles. The lowest BCUT2D eigenvalue weighted by Crippen LogP contribution is -2.28. The van der Waals surface area contributed by atoms with Gasteiger partial charge in [0, 0.05) is 24.1 Å². The highest BCUT2D eigenvalue weighted by Gasteiger charge is 2.32. The van der Waals surface area contributed by atoms with Gasteiger partial charge in [0.05, 0.1) is 16.8 Å². The van der Waals surface area contributed by atoms with Crippen molar-refractivity contribution in [3.8, 4) is 5.75 Å². The quantitative estimate of drug-likeness (QED) is 0.667. The standard InChI is InChI=1S/C20H17N3O4S/c1-2-27-14-6-4-13(5-7-14)21-19(26)12-3-8-15-16(11-12)28-20(22-15)23-17(24)9-10-18(23)25/h3-8,11H,2,9-10H2,1H3,(H,21,26). The van der Waals surface area contributed by atoms with Crippen LogP contribution < -0.4 is 15.0 Å². The smallest absolute Gasteiger partial charge is 0.255 e. The van der Waals surface area contributed by atoms with Crippen molar-refractivity contribution in [3.05, 3.63) is 48.0 Å². The van der Waals surface area contributed by atoms with E-state index in [0.29, 0.717) is 28.5 Å². The van der Waals surface area contributed by atoms with E-state index in [1.54, 1.807) is 42.5 Å². The number of carbonyl (C=O) groups is 3. The first-order chi connectivity index (χ1) is 13.5. The van der Waals surface area contributed by atoms with E-state index in [0.717, 1.165) is 15.3 Å². The van der Waals surface area contributed by atoms with Gasteiger partial charge in [0.1, 0.15) is 5.75 Å². The molecule has 0 radical (unpaired) electrons. The Kier molecular flexibility index (Phi) is 4.79. The molecular formula is C20H17N3O4S. The summed E-state index contributed by atoms with van der Waals surface area (Å²) in [5, 5.41) is 3.19. The lowest BCUT2D eigenvalue weighted by Gasteiger charge is -2.07. The maximum absolute atomic E-state index is 12.6. The largest absolute Gasteiger partial charge is 0.494 e. The zero-order valence-corrected chi connectivity index (χ0v) is 15.9. The van der Waals surface area contributed by atoms with E-state index in [9.17, 15) is 14.4 Å². The number of hydrogen-bond acceptors (Lipinski definition) is 6. The van der Waals surface area contributed by atoms with Crippen LogP contribution in [-0.2, 0) is 9.59 Å². The summed E-state index contributed by atoms with van der Waals surface area (Å²) in [5.74, 6) is 0.00879. The number of ether oxygens (including phenoxy) is 1. The van der Waals surface area contributed by atoms with Crippen molar-refractivity contribution >= 4 is 50.1 Å². The van der Waals surface area contributed by atoms with Crippen molar-refractivity contribution in [2.45, 2.75) is 19.8 Å². The number of hydrogen-bond donors (Lipinski definition) is 1. The van der Waals surface area contributed by atoms with Crippen LogP contribution in [0, 0.1) is 0 Å². The monoisotopic (exact) mass is 395 g/mol.